The Hall–Kier alpha value is 1.33. The fourth-order valence-corrected chi connectivity index (χ4v) is 0. The molecule has 0 rings (SSSR count). The fraction of sp³-hybridized carbons (Fsp3) is 0. The molecule has 0 aromatic rings. The minimum Gasteiger partial charge on any atom is -0.459 e. The van der Waals surface area contributed by atoms with E-state index in [1.807, 2.05) is 0 Å². The van der Waals surface area contributed by atoms with Crippen LogP contribution < -0.4 is 29.6 Å². The van der Waals surface area contributed by atoms with Gasteiger partial charge in [-0.2, -0.15) is 0 Å². The Kier molecular flexibility index (Phi) is 10.2. The van der Waals surface area contributed by atoms with Crippen LogP contribution in [0.25, 0.3) is 0 Å². The average Bonchev–Trinajstić information content (AvgIpc) is 0.811. The van der Waals surface area contributed by atoms with Crippen LogP contribution in [0.2, 0.25) is 0 Å². The molecule has 1 N–H and O–H groups in total. The quantitative estimate of drug-likeness (QED) is 0.209. The van der Waals surface area contributed by atoms with Crippen LogP contribution in [0.5, 0.6) is 0 Å². The number of hydrogen-bond donors (Lipinski definition) is 1. The van der Waals surface area contributed by atoms with E-state index in [1.165, 1.54) is 0 Å². The van der Waals surface area contributed by atoms with Crippen LogP contribution in [0.15, 0.2) is 0 Å². The molecule has 0 bridgehead atoms. The summed E-state index contributed by atoms with van der Waals surface area (Å²) in [5, 5.41) is 0. The zero-order valence-corrected chi connectivity index (χ0v) is 6.30. The molecular formula is HNaO2S2. The van der Waals surface area contributed by atoms with E-state index in [9.17, 15) is 0 Å². The third-order valence-electron chi connectivity index (χ3n) is 0. The SMILES string of the molecule is O=[S-](O)=S.[Na+]. The van der Waals surface area contributed by atoms with E-state index in [2.05, 4.69) is 11.2 Å². The molecule has 0 radical (unpaired) electrons. The van der Waals surface area contributed by atoms with E-state index >= 15 is 0 Å². The van der Waals surface area contributed by atoms with Crippen molar-refractivity contribution >= 4 is 20.8 Å². The van der Waals surface area contributed by atoms with Gasteiger partial charge in [-0.05, 0) is 0 Å². The Labute approximate surface area is 58.8 Å². The monoisotopic (exact) mass is 120 g/mol. The Morgan fingerprint density at radius 1 is 1.80 bits per heavy atom. The van der Waals surface area contributed by atoms with Crippen LogP contribution in [0.4, 0.5) is 0 Å². The molecule has 0 fully saturated rings. The average molecular weight is 120 g/mol. The van der Waals surface area contributed by atoms with Gasteiger partial charge in [0.1, 0.15) is 0 Å². The molecule has 5 heteroatoms. The van der Waals surface area contributed by atoms with E-state index in [0.29, 0.717) is 0 Å². The second-order valence-electron chi connectivity index (χ2n) is 0.217. The summed E-state index contributed by atoms with van der Waals surface area (Å²) in [6.45, 7) is 0. The molecule has 0 spiro atoms. The molecule has 0 atom stereocenters. The van der Waals surface area contributed by atoms with Gasteiger partial charge in [0.15, 0.2) is 0 Å². The van der Waals surface area contributed by atoms with Gasteiger partial charge in [-0.25, -0.2) is 11.2 Å². The third-order valence-corrected chi connectivity index (χ3v) is 0. The van der Waals surface area contributed by atoms with Crippen LogP contribution >= 0.6 is 0 Å². The molecule has 0 aromatic heterocycles. The standard InChI is InChI=1S/Na.HO2S2/c;1-4(2)3/h;(H,1,2,3)/q+1;-1. The van der Waals surface area contributed by atoms with Crippen molar-refractivity contribution in [2.45, 2.75) is 0 Å². The second-order valence-corrected chi connectivity index (χ2v) is 1.51. The largest absolute Gasteiger partial charge is 1.00 e. The minimum absolute atomic E-state index is 0. The van der Waals surface area contributed by atoms with Crippen LogP contribution in [0.3, 0.4) is 0 Å². The molecule has 0 amide bonds. The van der Waals surface area contributed by atoms with Crippen molar-refractivity contribution < 1.29 is 38.3 Å². The maximum atomic E-state index is 8.93. The van der Waals surface area contributed by atoms with Crippen LogP contribution in [-0.2, 0) is 25.0 Å². The summed E-state index contributed by atoms with van der Waals surface area (Å²) in [6.07, 6.45) is 0. The topological polar surface area (TPSA) is 37.3 Å². The Morgan fingerprint density at radius 2 is 1.80 bits per heavy atom. The first-order valence-corrected chi connectivity index (χ1v) is 2.55. The van der Waals surface area contributed by atoms with Crippen LogP contribution in [-0.4, -0.2) is 4.55 Å². The van der Waals surface area contributed by atoms with E-state index < -0.39 is 9.64 Å². The molecule has 0 aliphatic carbocycles. The van der Waals surface area contributed by atoms with Crippen molar-refractivity contribution in [3.05, 3.63) is 0 Å². The Balaban J connectivity index is 0. The summed E-state index contributed by atoms with van der Waals surface area (Å²) in [4.78, 5) is 0. The van der Waals surface area contributed by atoms with E-state index in [-0.39, 0.29) is 29.6 Å². The van der Waals surface area contributed by atoms with Gasteiger partial charge >= 0.3 is 29.6 Å². The van der Waals surface area contributed by atoms with E-state index in [4.69, 9.17) is 8.76 Å². The van der Waals surface area contributed by atoms with Crippen molar-refractivity contribution in [2.75, 3.05) is 0 Å². The smallest absolute Gasteiger partial charge is 0.459 e. The maximum Gasteiger partial charge on any atom is 1.00 e. The number of hydrogen-bond acceptors (Lipinski definition) is 3. The minimum atomic E-state index is -2.03. The molecule has 0 saturated carbocycles. The number of rotatable bonds is 0. The molecule has 0 unspecified atom stereocenters. The zero-order valence-electron chi connectivity index (χ0n) is 2.67. The van der Waals surface area contributed by atoms with Crippen molar-refractivity contribution in [3.8, 4) is 0 Å². The molecule has 0 heterocycles. The summed E-state index contributed by atoms with van der Waals surface area (Å²) in [7, 11) is -2.03. The molecular weight excluding hydrogens is 119 g/mol. The summed E-state index contributed by atoms with van der Waals surface area (Å²) in [5.41, 5.74) is 0. The van der Waals surface area contributed by atoms with Crippen molar-refractivity contribution in [2.24, 2.45) is 0 Å². The first kappa shape index (κ1) is 9.59. The molecule has 26 valence electrons. The normalized spacial score (nSPS) is 6.80. The van der Waals surface area contributed by atoms with Crippen molar-refractivity contribution in [1.29, 1.82) is 0 Å². The maximum absolute atomic E-state index is 8.93. The molecule has 0 aromatic carbocycles. The van der Waals surface area contributed by atoms with Gasteiger partial charge in [-0.3, -0.25) is 0 Å². The van der Waals surface area contributed by atoms with Gasteiger partial charge < -0.3 is 8.76 Å². The third kappa shape index (κ3) is 33.4. The summed E-state index contributed by atoms with van der Waals surface area (Å²) in [5.74, 6) is 0. The van der Waals surface area contributed by atoms with Gasteiger partial charge in [0.25, 0.3) is 0 Å². The molecule has 2 nitrogen and oxygen atoms in total. The first-order valence-electron chi connectivity index (χ1n) is 0.516. The van der Waals surface area contributed by atoms with Crippen molar-refractivity contribution in [3.63, 3.8) is 0 Å². The molecule has 0 aliphatic rings. The second kappa shape index (κ2) is 5.33. The van der Waals surface area contributed by atoms with Crippen LogP contribution in [0, 0.1) is 0 Å². The predicted octanol–water partition coefficient (Wildman–Crippen LogP) is -3.11. The van der Waals surface area contributed by atoms with Gasteiger partial charge in [0, 0.05) is 0 Å². The Bertz CT molecular complexity index is 56.0. The summed E-state index contributed by atoms with van der Waals surface area (Å²) in [6, 6.07) is 0. The molecule has 0 aliphatic heterocycles. The predicted molar refractivity (Wildman–Crippen MR) is 18.0 cm³/mol. The summed E-state index contributed by atoms with van der Waals surface area (Å²) >= 11 is 3.65. The van der Waals surface area contributed by atoms with Crippen molar-refractivity contribution in [1.82, 2.24) is 0 Å². The molecule has 5 heavy (non-hydrogen) atoms. The zero-order chi connectivity index (χ0) is 3.58. The van der Waals surface area contributed by atoms with E-state index in [1.54, 1.807) is 0 Å². The van der Waals surface area contributed by atoms with E-state index in [0.717, 1.165) is 0 Å². The van der Waals surface area contributed by atoms with Gasteiger partial charge in [0.05, 0.1) is 0 Å². The molecule has 0 saturated heterocycles. The van der Waals surface area contributed by atoms with Gasteiger partial charge in [-0.1, -0.05) is 9.64 Å². The fourth-order valence-electron chi connectivity index (χ4n) is 0. The van der Waals surface area contributed by atoms with Gasteiger partial charge in [-0.15, -0.1) is 0 Å². The summed E-state index contributed by atoms with van der Waals surface area (Å²) < 4.78 is 16.3. The first-order chi connectivity index (χ1) is 1.73. The Morgan fingerprint density at radius 3 is 1.80 bits per heavy atom. The van der Waals surface area contributed by atoms with Crippen LogP contribution in [0.1, 0.15) is 0 Å². The van der Waals surface area contributed by atoms with Gasteiger partial charge in [0.2, 0.25) is 0 Å².